The molecule has 2 aromatic rings. The molecular formula is C27H38N4O3. The lowest BCUT2D eigenvalue weighted by Gasteiger charge is -2.43. The largest absolute Gasteiger partial charge is 0.444 e. The maximum absolute atomic E-state index is 13.4. The third kappa shape index (κ3) is 4.85. The van der Waals surface area contributed by atoms with E-state index in [0.717, 1.165) is 63.1 Å². The second kappa shape index (κ2) is 8.99. The highest BCUT2D eigenvalue weighted by atomic mass is 16.6. The van der Waals surface area contributed by atoms with Crippen LogP contribution < -0.4 is 5.73 Å². The van der Waals surface area contributed by atoms with Gasteiger partial charge in [-0.1, -0.05) is 41.9 Å². The maximum atomic E-state index is 13.4. The molecule has 0 bridgehead atoms. The van der Waals surface area contributed by atoms with E-state index in [4.69, 9.17) is 20.0 Å². The lowest BCUT2D eigenvalue weighted by Crippen LogP contribution is -2.50. The molecule has 7 nitrogen and oxygen atoms in total. The average molecular weight is 467 g/mol. The van der Waals surface area contributed by atoms with Crippen LogP contribution >= 0.6 is 0 Å². The molecule has 0 spiro atoms. The predicted octanol–water partition coefficient (Wildman–Crippen LogP) is 5.27. The van der Waals surface area contributed by atoms with E-state index in [-0.39, 0.29) is 23.6 Å². The van der Waals surface area contributed by atoms with E-state index < -0.39 is 5.60 Å². The number of rotatable bonds is 6. The number of carbonyl (C=O) groups excluding carboxylic acids is 1. The highest BCUT2D eigenvalue weighted by Gasteiger charge is 2.52. The molecule has 1 aromatic carbocycles. The van der Waals surface area contributed by atoms with Crippen LogP contribution in [0.1, 0.15) is 101 Å². The lowest BCUT2D eigenvalue weighted by atomic mass is 9.67. The Labute approximate surface area is 202 Å². The number of hydrogen-bond donors (Lipinski definition) is 1. The number of aromatic nitrogens is 2. The maximum Gasteiger partial charge on any atom is 0.410 e. The first-order chi connectivity index (χ1) is 16.2. The molecule has 2 atom stereocenters. The number of carbonyl (C=O) groups is 1. The molecule has 34 heavy (non-hydrogen) atoms. The summed E-state index contributed by atoms with van der Waals surface area (Å²) >= 11 is 0. The molecule has 3 aliphatic carbocycles. The molecule has 1 aromatic heterocycles. The van der Waals surface area contributed by atoms with Crippen molar-refractivity contribution in [3.63, 3.8) is 0 Å². The molecule has 5 rings (SSSR count). The fourth-order valence-corrected chi connectivity index (χ4v) is 5.59. The summed E-state index contributed by atoms with van der Waals surface area (Å²) in [6, 6.07) is 10.9. The van der Waals surface area contributed by atoms with E-state index >= 15 is 0 Å². The van der Waals surface area contributed by atoms with Crippen LogP contribution in [0.3, 0.4) is 0 Å². The zero-order chi connectivity index (χ0) is 23.9. The Bertz CT molecular complexity index is 987. The molecule has 0 saturated heterocycles. The van der Waals surface area contributed by atoms with Crippen molar-refractivity contribution >= 4 is 6.09 Å². The van der Waals surface area contributed by atoms with Crippen molar-refractivity contribution in [2.75, 3.05) is 6.54 Å². The first-order valence-corrected chi connectivity index (χ1v) is 12.9. The molecule has 1 heterocycles. The number of hydrogen-bond acceptors (Lipinski definition) is 6. The summed E-state index contributed by atoms with van der Waals surface area (Å²) < 4.78 is 11.6. The van der Waals surface area contributed by atoms with Gasteiger partial charge >= 0.3 is 6.09 Å². The molecule has 0 unspecified atom stereocenters. The zero-order valence-electron chi connectivity index (χ0n) is 20.7. The highest BCUT2D eigenvalue weighted by Crippen LogP contribution is 2.49. The van der Waals surface area contributed by atoms with Gasteiger partial charge in [-0.25, -0.2) is 4.79 Å². The van der Waals surface area contributed by atoms with Gasteiger partial charge in [0.25, 0.3) is 0 Å². The van der Waals surface area contributed by atoms with Crippen LogP contribution in [-0.4, -0.2) is 45.4 Å². The standard InChI is InChI=1S/C27H38N4O3/c1-26(2,3)33-25(32)31(22-16-21(22)18-8-5-4-6-9-18)17-27(14-7-15-27)24-29-23(34-30-24)19-10-12-20(28)13-11-19/h4-6,8-9,19-22H,7,10-17,28H2,1-3H3/t19?,20?,21-,22+/m0/s1. The first kappa shape index (κ1) is 23.3. The van der Waals surface area contributed by atoms with Gasteiger partial charge in [-0.3, -0.25) is 0 Å². The van der Waals surface area contributed by atoms with Crippen LogP contribution in [0.15, 0.2) is 34.9 Å². The van der Waals surface area contributed by atoms with Crippen LogP contribution in [0.5, 0.6) is 0 Å². The van der Waals surface area contributed by atoms with E-state index in [1.807, 2.05) is 31.7 Å². The second-order valence-corrected chi connectivity index (χ2v) is 11.6. The number of ether oxygens (including phenoxy) is 1. The Morgan fingerprint density at radius 2 is 1.88 bits per heavy atom. The van der Waals surface area contributed by atoms with Gasteiger partial charge in [0.15, 0.2) is 5.82 Å². The molecule has 7 heteroatoms. The summed E-state index contributed by atoms with van der Waals surface area (Å²) in [5.74, 6) is 2.14. The zero-order valence-corrected chi connectivity index (χ0v) is 20.7. The third-order valence-corrected chi connectivity index (χ3v) is 7.83. The van der Waals surface area contributed by atoms with Gasteiger partial charge in [-0.2, -0.15) is 4.98 Å². The molecule has 1 amide bonds. The van der Waals surface area contributed by atoms with Crippen LogP contribution in [0, 0.1) is 0 Å². The minimum Gasteiger partial charge on any atom is -0.444 e. The molecular weight excluding hydrogens is 428 g/mol. The Balaban J connectivity index is 1.36. The summed E-state index contributed by atoms with van der Waals surface area (Å²) in [4.78, 5) is 20.2. The quantitative estimate of drug-likeness (QED) is 0.623. The van der Waals surface area contributed by atoms with Crippen LogP contribution in [0.4, 0.5) is 4.79 Å². The minimum absolute atomic E-state index is 0.140. The molecule has 3 saturated carbocycles. The highest BCUT2D eigenvalue weighted by molar-refractivity contribution is 5.70. The van der Waals surface area contributed by atoms with Gasteiger partial charge in [-0.05, 0) is 71.3 Å². The minimum atomic E-state index is -0.541. The predicted molar refractivity (Wildman–Crippen MR) is 130 cm³/mol. The summed E-state index contributed by atoms with van der Waals surface area (Å²) in [5, 5.41) is 4.45. The lowest BCUT2D eigenvalue weighted by molar-refractivity contribution is 0.0123. The first-order valence-electron chi connectivity index (χ1n) is 12.9. The summed E-state index contributed by atoms with van der Waals surface area (Å²) in [7, 11) is 0. The normalized spacial score (nSPS) is 28.1. The number of amides is 1. The van der Waals surface area contributed by atoms with Crippen molar-refractivity contribution in [3.8, 4) is 0 Å². The van der Waals surface area contributed by atoms with Crippen molar-refractivity contribution < 1.29 is 14.1 Å². The monoisotopic (exact) mass is 466 g/mol. The van der Waals surface area contributed by atoms with Gasteiger partial charge in [-0.15, -0.1) is 0 Å². The van der Waals surface area contributed by atoms with Gasteiger partial charge in [0.2, 0.25) is 5.89 Å². The smallest absolute Gasteiger partial charge is 0.410 e. The van der Waals surface area contributed by atoms with Gasteiger partial charge in [0.1, 0.15) is 5.60 Å². The average Bonchev–Trinajstić information content (AvgIpc) is 3.40. The van der Waals surface area contributed by atoms with Crippen molar-refractivity contribution in [2.45, 2.75) is 107 Å². The Kier molecular flexibility index (Phi) is 6.17. The Morgan fingerprint density at radius 1 is 1.18 bits per heavy atom. The summed E-state index contributed by atoms with van der Waals surface area (Å²) in [6.07, 6.45) is 7.75. The molecule has 0 aliphatic heterocycles. The molecule has 0 radical (unpaired) electrons. The number of nitrogens with zero attached hydrogens (tertiary/aromatic N) is 3. The molecule has 2 N–H and O–H groups in total. The fraction of sp³-hybridized carbons (Fsp3) is 0.667. The van der Waals surface area contributed by atoms with E-state index in [0.29, 0.717) is 18.4 Å². The van der Waals surface area contributed by atoms with Crippen LogP contribution in [0.25, 0.3) is 0 Å². The summed E-state index contributed by atoms with van der Waals surface area (Å²) in [6.45, 7) is 6.34. The Hall–Kier alpha value is -2.41. The van der Waals surface area contributed by atoms with Crippen molar-refractivity contribution in [1.82, 2.24) is 15.0 Å². The van der Waals surface area contributed by atoms with E-state index in [1.165, 1.54) is 5.56 Å². The molecule has 184 valence electrons. The summed E-state index contributed by atoms with van der Waals surface area (Å²) in [5.41, 5.74) is 6.56. The molecule has 3 fully saturated rings. The SMILES string of the molecule is CC(C)(C)OC(=O)N(CC1(c2noc(C3CCC(N)CC3)n2)CCC1)[C@@H]1C[C@H]1c1ccccc1. The number of benzene rings is 1. The molecule has 3 aliphatic rings. The fourth-order valence-electron chi connectivity index (χ4n) is 5.59. The Morgan fingerprint density at radius 3 is 2.50 bits per heavy atom. The topological polar surface area (TPSA) is 94.5 Å². The van der Waals surface area contributed by atoms with Crippen LogP contribution in [-0.2, 0) is 10.2 Å². The van der Waals surface area contributed by atoms with E-state index in [1.54, 1.807) is 0 Å². The van der Waals surface area contributed by atoms with Gasteiger partial charge in [0.05, 0.1) is 5.41 Å². The van der Waals surface area contributed by atoms with Crippen LogP contribution in [0.2, 0.25) is 0 Å². The van der Waals surface area contributed by atoms with Gasteiger partial charge < -0.3 is 19.9 Å². The van der Waals surface area contributed by atoms with Crippen molar-refractivity contribution in [1.29, 1.82) is 0 Å². The number of nitrogens with two attached hydrogens (primary N) is 1. The third-order valence-electron chi connectivity index (χ3n) is 7.83. The second-order valence-electron chi connectivity index (χ2n) is 11.6. The van der Waals surface area contributed by atoms with Crippen molar-refractivity contribution in [2.24, 2.45) is 5.73 Å². The van der Waals surface area contributed by atoms with E-state index in [2.05, 4.69) is 29.4 Å². The van der Waals surface area contributed by atoms with E-state index in [9.17, 15) is 4.79 Å². The van der Waals surface area contributed by atoms with Gasteiger partial charge in [0, 0.05) is 30.5 Å². The van der Waals surface area contributed by atoms with Crippen molar-refractivity contribution in [3.05, 3.63) is 47.6 Å².